The van der Waals surface area contributed by atoms with E-state index in [1.54, 1.807) is 17.2 Å². The summed E-state index contributed by atoms with van der Waals surface area (Å²) in [4.78, 5) is 29.6. The molecule has 1 amide bonds. The summed E-state index contributed by atoms with van der Waals surface area (Å²) in [6.07, 6.45) is 7.94. The van der Waals surface area contributed by atoms with E-state index in [-0.39, 0.29) is 18.1 Å². The number of rotatable bonds is 8. The van der Waals surface area contributed by atoms with Gasteiger partial charge in [0.25, 0.3) is 0 Å². The van der Waals surface area contributed by atoms with E-state index in [1.165, 1.54) is 29.3 Å². The number of carbonyl (C=O) groups excluding carboxylic acids is 2. The molecule has 1 unspecified atom stereocenters. The van der Waals surface area contributed by atoms with Crippen molar-refractivity contribution in [3.8, 4) is 0 Å². The molecule has 2 aromatic carbocycles. The number of anilines is 1. The Kier molecular flexibility index (Phi) is 7.63. The fourth-order valence-electron chi connectivity index (χ4n) is 4.21. The van der Waals surface area contributed by atoms with Gasteiger partial charge >= 0.3 is 0 Å². The van der Waals surface area contributed by atoms with Crippen molar-refractivity contribution >= 4 is 40.5 Å². The highest BCUT2D eigenvalue weighted by atomic mass is 32.2. The second-order valence-electron chi connectivity index (χ2n) is 8.78. The summed E-state index contributed by atoms with van der Waals surface area (Å²) < 4.78 is 0. The van der Waals surface area contributed by atoms with Crippen LogP contribution in [0.3, 0.4) is 0 Å². The van der Waals surface area contributed by atoms with E-state index in [2.05, 4.69) is 22.8 Å². The summed E-state index contributed by atoms with van der Waals surface area (Å²) in [7, 11) is 3.98. The molecule has 0 saturated carbocycles. The predicted molar refractivity (Wildman–Crippen MR) is 141 cm³/mol. The van der Waals surface area contributed by atoms with E-state index in [9.17, 15) is 9.59 Å². The number of benzene rings is 2. The van der Waals surface area contributed by atoms with Crippen LogP contribution in [-0.4, -0.2) is 53.9 Å². The molecule has 1 saturated heterocycles. The first-order valence-corrected chi connectivity index (χ1v) is 12.5. The number of fused-ring (bicyclic) bond motifs is 1. The first-order valence-electron chi connectivity index (χ1n) is 11.6. The lowest BCUT2D eigenvalue weighted by molar-refractivity contribution is -0.125. The second kappa shape index (κ2) is 10.8. The molecule has 2 aromatic rings. The molecular formula is C27H30N4O2S. The van der Waals surface area contributed by atoms with Gasteiger partial charge < -0.3 is 4.90 Å². The van der Waals surface area contributed by atoms with Gasteiger partial charge in [0, 0.05) is 38.3 Å². The quantitative estimate of drug-likeness (QED) is 0.240. The second-order valence-corrected chi connectivity index (χ2v) is 9.94. The number of ketones is 1. The zero-order valence-electron chi connectivity index (χ0n) is 19.7. The highest BCUT2D eigenvalue weighted by molar-refractivity contribution is 8.15. The fraction of sp³-hybridized carbons (Fsp3) is 0.333. The van der Waals surface area contributed by atoms with Gasteiger partial charge in [0.15, 0.2) is 11.0 Å². The number of aryl methyl sites for hydroxylation is 2. The molecule has 6 nitrogen and oxygen atoms in total. The Morgan fingerprint density at radius 3 is 2.59 bits per heavy atom. The molecule has 0 aromatic heterocycles. The van der Waals surface area contributed by atoms with Crippen molar-refractivity contribution in [1.29, 1.82) is 0 Å². The molecule has 1 atom stereocenters. The van der Waals surface area contributed by atoms with Crippen LogP contribution < -0.4 is 4.90 Å². The van der Waals surface area contributed by atoms with Crippen LogP contribution in [0.5, 0.6) is 0 Å². The fourth-order valence-corrected chi connectivity index (χ4v) is 5.31. The Morgan fingerprint density at radius 2 is 1.88 bits per heavy atom. The van der Waals surface area contributed by atoms with Crippen LogP contribution in [0.4, 0.5) is 5.69 Å². The first kappa shape index (κ1) is 24.0. The molecule has 34 heavy (non-hydrogen) atoms. The number of hydrogen-bond donors (Lipinski definition) is 0. The third kappa shape index (κ3) is 5.47. The van der Waals surface area contributed by atoms with Gasteiger partial charge in [-0.3, -0.25) is 14.5 Å². The van der Waals surface area contributed by atoms with Gasteiger partial charge in [0.2, 0.25) is 5.91 Å². The Hall–Kier alpha value is -3.19. The molecule has 1 aliphatic carbocycles. The maximum Gasteiger partial charge on any atom is 0.242 e. The number of hydrogen-bond acceptors (Lipinski definition) is 6. The summed E-state index contributed by atoms with van der Waals surface area (Å²) in [6, 6.07) is 13.9. The molecule has 1 fully saturated rings. The van der Waals surface area contributed by atoms with E-state index >= 15 is 0 Å². The Labute approximate surface area is 205 Å². The van der Waals surface area contributed by atoms with Crippen LogP contribution in [0.2, 0.25) is 0 Å². The zero-order valence-corrected chi connectivity index (χ0v) is 20.6. The van der Waals surface area contributed by atoms with Gasteiger partial charge in [0.05, 0.1) is 11.5 Å². The number of thioether (sulfide) groups is 1. The molecule has 0 spiro atoms. The van der Waals surface area contributed by atoms with Gasteiger partial charge in [-0.2, -0.15) is 5.10 Å². The summed E-state index contributed by atoms with van der Waals surface area (Å²) in [6.45, 7) is 4.08. The topological polar surface area (TPSA) is 65.3 Å². The van der Waals surface area contributed by atoms with Crippen molar-refractivity contribution in [2.75, 3.05) is 25.5 Å². The average Bonchev–Trinajstić information content (AvgIpc) is 3.13. The van der Waals surface area contributed by atoms with E-state index in [4.69, 9.17) is 0 Å². The highest BCUT2D eigenvalue weighted by Crippen LogP contribution is 2.31. The van der Waals surface area contributed by atoms with Crippen molar-refractivity contribution in [3.05, 3.63) is 77.4 Å². The molecule has 4 rings (SSSR count). The minimum Gasteiger partial charge on any atom is -0.378 e. The van der Waals surface area contributed by atoms with Crippen LogP contribution in [0, 0.1) is 0 Å². The van der Waals surface area contributed by atoms with Crippen LogP contribution in [0.25, 0.3) is 0 Å². The molecule has 2 aliphatic rings. The number of carbonyl (C=O) groups is 2. The van der Waals surface area contributed by atoms with Gasteiger partial charge in [-0.15, -0.1) is 11.7 Å². The lowest BCUT2D eigenvalue weighted by Gasteiger charge is -2.16. The first-order chi connectivity index (χ1) is 16.5. The lowest BCUT2D eigenvalue weighted by Crippen LogP contribution is -2.32. The molecule has 176 valence electrons. The van der Waals surface area contributed by atoms with Crippen molar-refractivity contribution < 1.29 is 9.59 Å². The largest absolute Gasteiger partial charge is 0.378 e. The molecule has 7 heteroatoms. The van der Waals surface area contributed by atoms with Gasteiger partial charge in [-0.25, -0.2) is 0 Å². The maximum atomic E-state index is 13.0. The van der Waals surface area contributed by atoms with Gasteiger partial charge in [0.1, 0.15) is 0 Å². The third-order valence-electron chi connectivity index (χ3n) is 6.13. The Bertz CT molecular complexity index is 1140. The van der Waals surface area contributed by atoms with Crippen molar-refractivity contribution in [1.82, 2.24) is 4.90 Å². The smallest absolute Gasteiger partial charge is 0.242 e. The lowest BCUT2D eigenvalue weighted by atomic mass is 9.89. The summed E-state index contributed by atoms with van der Waals surface area (Å²) >= 11 is 1.30. The predicted octanol–water partition coefficient (Wildman–Crippen LogP) is 4.72. The highest BCUT2D eigenvalue weighted by Gasteiger charge is 2.38. The molecule has 0 bridgehead atoms. The Balaban J connectivity index is 1.45. The van der Waals surface area contributed by atoms with Gasteiger partial charge in [-0.1, -0.05) is 42.1 Å². The minimum absolute atomic E-state index is 0.0106. The SMILES string of the molecule is C=CCN1C(=O)C(CC(=O)c2ccc3c(c2)CCCC3)S/C1=N\N=C\c1ccc(N(C)C)cc1. The van der Waals surface area contributed by atoms with E-state index in [0.717, 1.165) is 30.5 Å². The molecule has 0 radical (unpaired) electrons. The van der Waals surface area contributed by atoms with E-state index in [1.807, 2.05) is 55.4 Å². The molecule has 0 N–H and O–H groups in total. The van der Waals surface area contributed by atoms with Crippen molar-refractivity contribution in [2.24, 2.45) is 10.2 Å². The maximum absolute atomic E-state index is 13.0. The summed E-state index contributed by atoms with van der Waals surface area (Å²) in [5, 5.41) is 8.49. The molecule has 1 aliphatic heterocycles. The minimum atomic E-state index is -0.503. The van der Waals surface area contributed by atoms with Crippen molar-refractivity contribution in [2.45, 2.75) is 37.4 Å². The van der Waals surface area contributed by atoms with Gasteiger partial charge in [-0.05, 0) is 60.6 Å². The monoisotopic (exact) mass is 474 g/mol. The van der Waals surface area contributed by atoms with Crippen LogP contribution in [0.15, 0.2) is 65.3 Å². The normalized spacial score (nSPS) is 19.0. The zero-order chi connectivity index (χ0) is 24.1. The van der Waals surface area contributed by atoms with E-state index < -0.39 is 5.25 Å². The van der Waals surface area contributed by atoms with Crippen LogP contribution >= 0.6 is 11.8 Å². The molecular weight excluding hydrogens is 444 g/mol. The van der Waals surface area contributed by atoms with E-state index in [0.29, 0.717) is 17.3 Å². The summed E-state index contributed by atoms with van der Waals surface area (Å²) in [5.74, 6) is -0.135. The number of amidine groups is 1. The van der Waals surface area contributed by atoms with Crippen LogP contribution in [0.1, 0.15) is 46.3 Å². The number of amides is 1. The Morgan fingerprint density at radius 1 is 1.15 bits per heavy atom. The number of nitrogens with zero attached hydrogens (tertiary/aromatic N) is 4. The molecule has 1 heterocycles. The average molecular weight is 475 g/mol. The van der Waals surface area contributed by atoms with Crippen LogP contribution in [-0.2, 0) is 17.6 Å². The summed E-state index contributed by atoms with van der Waals surface area (Å²) in [5.41, 5.74) is 5.32. The number of Topliss-reactive ketones (excluding diaryl/α,β-unsaturated/α-hetero) is 1. The van der Waals surface area contributed by atoms with Crippen molar-refractivity contribution in [3.63, 3.8) is 0 Å². The standard InChI is InChI=1S/C27H30N4O2S/c1-4-15-31-26(33)25(17-24(32)22-12-11-20-7-5-6-8-21(20)16-22)34-27(31)29-28-18-19-9-13-23(14-10-19)30(2)3/h4,9-14,16,18,25H,1,5-8,15,17H2,2-3H3/b28-18+,29-27-. The third-order valence-corrected chi connectivity index (χ3v) is 7.30.